The molecule has 0 aliphatic carbocycles. The number of pyridine rings is 1. The zero-order chi connectivity index (χ0) is 16.5. The number of benzene rings is 2. The van der Waals surface area contributed by atoms with E-state index >= 15 is 0 Å². The van der Waals surface area contributed by atoms with Gasteiger partial charge in [-0.25, -0.2) is 9.97 Å². The standard InChI is InChI=1S/C21H18N3/c1-15-5-3-4-6-18(15)21-10-8-17-13-16(7-9-20(17)24(21)2)19-11-12-22-14-23-19/h3-14H,1-2H3/q+1. The fourth-order valence-corrected chi connectivity index (χ4v) is 3.16. The first-order chi connectivity index (χ1) is 11.7. The predicted octanol–water partition coefficient (Wildman–Crippen LogP) is 4.10. The number of aryl methyl sites for hydroxylation is 2. The smallest absolute Gasteiger partial charge is 0.213 e. The van der Waals surface area contributed by atoms with Crippen LogP contribution in [0.4, 0.5) is 0 Å². The molecule has 0 saturated carbocycles. The molecule has 24 heavy (non-hydrogen) atoms. The van der Waals surface area contributed by atoms with E-state index < -0.39 is 0 Å². The maximum Gasteiger partial charge on any atom is 0.213 e. The van der Waals surface area contributed by atoms with Crippen LogP contribution in [0, 0.1) is 6.92 Å². The summed E-state index contributed by atoms with van der Waals surface area (Å²) in [6.07, 6.45) is 3.36. The highest BCUT2D eigenvalue weighted by Crippen LogP contribution is 2.25. The van der Waals surface area contributed by atoms with E-state index in [9.17, 15) is 0 Å². The molecule has 3 heteroatoms. The van der Waals surface area contributed by atoms with Crippen molar-refractivity contribution in [3.05, 3.63) is 78.8 Å². The van der Waals surface area contributed by atoms with Crippen LogP contribution in [0.3, 0.4) is 0 Å². The monoisotopic (exact) mass is 312 g/mol. The Morgan fingerprint density at radius 3 is 2.58 bits per heavy atom. The molecule has 0 amide bonds. The highest BCUT2D eigenvalue weighted by atomic mass is 14.9. The number of hydrogen-bond acceptors (Lipinski definition) is 2. The lowest BCUT2D eigenvalue weighted by Crippen LogP contribution is -2.32. The molecule has 0 radical (unpaired) electrons. The first-order valence-electron chi connectivity index (χ1n) is 7.99. The molecule has 2 heterocycles. The second kappa shape index (κ2) is 5.85. The van der Waals surface area contributed by atoms with Crippen LogP contribution in [-0.2, 0) is 7.05 Å². The van der Waals surface area contributed by atoms with Gasteiger partial charge < -0.3 is 0 Å². The van der Waals surface area contributed by atoms with Gasteiger partial charge in [-0.2, -0.15) is 4.57 Å². The van der Waals surface area contributed by atoms with Crippen LogP contribution >= 0.6 is 0 Å². The van der Waals surface area contributed by atoms with Crippen LogP contribution in [0.25, 0.3) is 33.4 Å². The summed E-state index contributed by atoms with van der Waals surface area (Å²) in [5.74, 6) is 0. The Kier molecular flexibility index (Phi) is 3.54. The molecule has 116 valence electrons. The van der Waals surface area contributed by atoms with E-state index in [1.165, 1.54) is 27.7 Å². The molecule has 0 bridgehead atoms. The van der Waals surface area contributed by atoms with Crippen molar-refractivity contribution >= 4 is 10.9 Å². The van der Waals surface area contributed by atoms with E-state index in [4.69, 9.17) is 0 Å². The van der Waals surface area contributed by atoms with E-state index in [2.05, 4.69) is 83.1 Å². The van der Waals surface area contributed by atoms with Gasteiger partial charge in [-0.1, -0.05) is 18.2 Å². The minimum Gasteiger partial charge on any atom is -0.245 e. The molecule has 3 nitrogen and oxygen atoms in total. The van der Waals surface area contributed by atoms with Gasteiger partial charge in [0.05, 0.1) is 5.69 Å². The van der Waals surface area contributed by atoms with Crippen molar-refractivity contribution in [3.63, 3.8) is 0 Å². The highest BCUT2D eigenvalue weighted by Gasteiger charge is 2.15. The minimum absolute atomic E-state index is 0.942. The summed E-state index contributed by atoms with van der Waals surface area (Å²) in [7, 11) is 2.12. The molecule has 0 aliphatic rings. The van der Waals surface area contributed by atoms with Gasteiger partial charge in [0.1, 0.15) is 13.4 Å². The largest absolute Gasteiger partial charge is 0.245 e. The number of hydrogen-bond donors (Lipinski definition) is 0. The molecule has 0 atom stereocenters. The topological polar surface area (TPSA) is 29.7 Å². The second-order valence-electron chi connectivity index (χ2n) is 5.96. The first kappa shape index (κ1) is 14.5. The summed E-state index contributed by atoms with van der Waals surface area (Å²) >= 11 is 0. The molecule has 0 aliphatic heterocycles. The number of rotatable bonds is 2. The maximum absolute atomic E-state index is 4.34. The van der Waals surface area contributed by atoms with Gasteiger partial charge in [-0.15, -0.1) is 0 Å². The van der Waals surface area contributed by atoms with Crippen LogP contribution in [0.15, 0.2) is 73.2 Å². The van der Waals surface area contributed by atoms with Crippen molar-refractivity contribution in [2.24, 2.45) is 7.05 Å². The summed E-state index contributed by atoms with van der Waals surface area (Å²) < 4.78 is 2.25. The van der Waals surface area contributed by atoms with Crippen molar-refractivity contribution in [2.45, 2.75) is 6.92 Å². The van der Waals surface area contributed by atoms with Gasteiger partial charge in [0.15, 0.2) is 0 Å². The number of fused-ring (bicyclic) bond motifs is 1. The summed E-state index contributed by atoms with van der Waals surface area (Å²) in [5, 5.41) is 1.20. The third kappa shape index (κ3) is 2.44. The van der Waals surface area contributed by atoms with Crippen LogP contribution < -0.4 is 4.57 Å². The van der Waals surface area contributed by atoms with Crippen molar-refractivity contribution in [2.75, 3.05) is 0 Å². The Morgan fingerprint density at radius 2 is 1.79 bits per heavy atom. The van der Waals surface area contributed by atoms with Crippen molar-refractivity contribution in [3.8, 4) is 22.5 Å². The van der Waals surface area contributed by atoms with Crippen LogP contribution in [-0.4, -0.2) is 9.97 Å². The average Bonchev–Trinajstić information content (AvgIpc) is 2.63. The summed E-state index contributed by atoms with van der Waals surface area (Å²) in [4.78, 5) is 8.32. The summed E-state index contributed by atoms with van der Waals surface area (Å²) in [6.45, 7) is 2.15. The Balaban J connectivity index is 1.88. The second-order valence-corrected chi connectivity index (χ2v) is 5.96. The Bertz CT molecular complexity index is 1020. The van der Waals surface area contributed by atoms with Gasteiger partial charge in [0.2, 0.25) is 11.2 Å². The molecule has 2 aromatic carbocycles. The average molecular weight is 312 g/mol. The molecule has 0 unspecified atom stereocenters. The number of aromatic nitrogens is 3. The molecule has 0 fully saturated rings. The van der Waals surface area contributed by atoms with E-state index in [0.29, 0.717) is 0 Å². The quantitative estimate of drug-likeness (QED) is 0.522. The van der Waals surface area contributed by atoms with Gasteiger partial charge in [0, 0.05) is 34.8 Å². The van der Waals surface area contributed by atoms with Gasteiger partial charge in [-0.3, -0.25) is 0 Å². The number of nitrogens with zero attached hydrogens (tertiary/aromatic N) is 3. The predicted molar refractivity (Wildman–Crippen MR) is 96.3 cm³/mol. The molecular formula is C21H18N3+. The van der Waals surface area contributed by atoms with E-state index in [1.54, 1.807) is 12.5 Å². The van der Waals surface area contributed by atoms with E-state index in [-0.39, 0.29) is 0 Å². The lowest BCUT2D eigenvalue weighted by molar-refractivity contribution is -0.633. The van der Waals surface area contributed by atoms with Crippen LogP contribution in [0.1, 0.15) is 5.56 Å². The van der Waals surface area contributed by atoms with E-state index in [1.807, 2.05) is 6.07 Å². The third-order valence-electron chi connectivity index (χ3n) is 4.47. The van der Waals surface area contributed by atoms with Crippen molar-refractivity contribution in [1.29, 1.82) is 0 Å². The zero-order valence-corrected chi connectivity index (χ0v) is 13.8. The molecular weight excluding hydrogens is 294 g/mol. The fourth-order valence-electron chi connectivity index (χ4n) is 3.16. The Labute approximate surface area is 141 Å². The third-order valence-corrected chi connectivity index (χ3v) is 4.47. The van der Waals surface area contributed by atoms with Gasteiger partial charge in [0.25, 0.3) is 0 Å². The fraction of sp³-hybridized carbons (Fsp3) is 0.0952. The van der Waals surface area contributed by atoms with Crippen molar-refractivity contribution in [1.82, 2.24) is 9.97 Å². The Morgan fingerprint density at radius 1 is 0.917 bits per heavy atom. The zero-order valence-electron chi connectivity index (χ0n) is 13.8. The molecule has 2 aromatic heterocycles. The lowest BCUT2D eigenvalue weighted by Gasteiger charge is -2.07. The molecule has 4 aromatic rings. The minimum atomic E-state index is 0.942. The maximum atomic E-state index is 4.34. The Hall–Kier alpha value is -3.07. The van der Waals surface area contributed by atoms with E-state index in [0.717, 1.165) is 11.3 Å². The molecule has 0 N–H and O–H groups in total. The normalized spacial score (nSPS) is 10.9. The molecule has 0 spiro atoms. The summed E-state index contributed by atoms with van der Waals surface area (Å²) in [6, 6.07) is 21.3. The van der Waals surface area contributed by atoms with Crippen LogP contribution in [0.5, 0.6) is 0 Å². The van der Waals surface area contributed by atoms with Gasteiger partial charge >= 0.3 is 0 Å². The van der Waals surface area contributed by atoms with Crippen molar-refractivity contribution < 1.29 is 4.57 Å². The highest BCUT2D eigenvalue weighted by molar-refractivity contribution is 5.83. The van der Waals surface area contributed by atoms with Crippen LogP contribution in [0.2, 0.25) is 0 Å². The first-order valence-corrected chi connectivity index (χ1v) is 7.99. The molecule has 4 rings (SSSR count). The lowest BCUT2D eigenvalue weighted by atomic mass is 10.0. The SMILES string of the molecule is Cc1ccccc1-c1ccc2cc(-c3ccncn3)ccc2[n+]1C. The van der Waals surface area contributed by atoms with Gasteiger partial charge in [-0.05, 0) is 42.8 Å². The molecule has 0 saturated heterocycles. The summed E-state index contributed by atoms with van der Waals surface area (Å²) in [5.41, 5.74) is 7.02.